The highest BCUT2D eigenvalue weighted by atomic mass is 15.2. The minimum absolute atomic E-state index is 0.0144. The van der Waals surface area contributed by atoms with Gasteiger partial charge in [0.05, 0.1) is 6.04 Å². The predicted octanol–water partition coefficient (Wildman–Crippen LogP) is 9.43. The lowest BCUT2D eigenvalue weighted by molar-refractivity contribution is 0.246. The van der Waals surface area contributed by atoms with Crippen molar-refractivity contribution in [3.63, 3.8) is 0 Å². The number of nitrogens with zero attached hydrogens (tertiary/aromatic N) is 2. The topological polar surface area (TPSA) is 6.48 Å². The van der Waals surface area contributed by atoms with Crippen LogP contribution < -0.4 is 0 Å². The van der Waals surface area contributed by atoms with Crippen LogP contribution in [-0.2, 0) is 6.54 Å². The first kappa shape index (κ1) is 28.7. The Kier molecular flexibility index (Phi) is 9.81. The second-order valence-electron chi connectivity index (χ2n) is 10.4. The van der Waals surface area contributed by atoms with Crippen molar-refractivity contribution in [1.82, 2.24) is 9.80 Å². The molecule has 0 saturated heterocycles. The van der Waals surface area contributed by atoms with Gasteiger partial charge in [-0.25, -0.2) is 0 Å². The lowest BCUT2D eigenvalue weighted by atomic mass is 9.87. The van der Waals surface area contributed by atoms with E-state index in [9.17, 15) is 0 Å². The molecular formula is C38H42N2. The molecular weight excluding hydrogens is 484 g/mol. The van der Waals surface area contributed by atoms with Crippen molar-refractivity contribution in [2.75, 3.05) is 6.54 Å². The third kappa shape index (κ3) is 6.63. The highest BCUT2D eigenvalue weighted by Crippen LogP contribution is 2.37. The standard InChI is InChI=1S/C38H42N2/c1-7-27-39(32(5)37-26-18-17-19-29(37)2)30(3)31(4)40(28-34-20-11-8-12-21-34)33(6)38(35-22-13-9-14-23-35)36-24-15-10-16-25-36/h8-26,31,38H,3,5-7,27-28H2,1-2,4H3. The predicted molar refractivity (Wildman–Crippen MR) is 172 cm³/mol. The quantitative estimate of drug-likeness (QED) is 0.171. The molecule has 40 heavy (non-hydrogen) atoms. The van der Waals surface area contributed by atoms with Crippen molar-refractivity contribution in [2.45, 2.75) is 45.7 Å². The van der Waals surface area contributed by atoms with Gasteiger partial charge in [0, 0.05) is 41.7 Å². The smallest absolute Gasteiger partial charge is 0.0660 e. The molecule has 4 aromatic carbocycles. The van der Waals surface area contributed by atoms with Crippen molar-refractivity contribution in [3.8, 4) is 0 Å². The molecule has 1 unspecified atom stereocenters. The van der Waals surface area contributed by atoms with Gasteiger partial charge in [0.2, 0.25) is 0 Å². The van der Waals surface area contributed by atoms with Crippen LogP contribution in [0.2, 0.25) is 0 Å². The summed E-state index contributed by atoms with van der Waals surface area (Å²) in [7, 11) is 0. The summed E-state index contributed by atoms with van der Waals surface area (Å²) < 4.78 is 0. The van der Waals surface area contributed by atoms with Crippen LogP contribution >= 0.6 is 0 Å². The van der Waals surface area contributed by atoms with E-state index in [0.717, 1.165) is 42.2 Å². The molecule has 2 nitrogen and oxygen atoms in total. The van der Waals surface area contributed by atoms with Gasteiger partial charge in [0.15, 0.2) is 0 Å². The first-order valence-electron chi connectivity index (χ1n) is 14.2. The van der Waals surface area contributed by atoms with Gasteiger partial charge < -0.3 is 9.80 Å². The van der Waals surface area contributed by atoms with E-state index >= 15 is 0 Å². The normalized spacial score (nSPS) is 11.6. The van der Waals surface area contributed by atoms with E-state index in [4.69, 9.17) is 6.58 Å². The fourth-order valence-corrected chi connectivity index (χ4v) is 5.42. The molecule has 0 aliphatic carbocycles. The maximum absolute atomic E-state index is 4.77. The number of benzene rings is 4. The first-order chi connectivity index (χ1) is 19.4. The summed E-state index contributed by atoms with van der Waals surface area (Å²) in [5, 5.41) is 0. The number of hydrogen-bond acceptors (Lipinski definition) is 2. The number of hydrogen-bond donors (Lipinski definition) is 0. The Labute approximate surface area is 241 Å². The molecule has 4 rings (SSSR count). The monoisotopic (exact) mass is 526 g/mol. The summed E-state index contributed by atoms with van der Waals surface area (Å²) in [6.07, 6.45) is 0.993. The molecule has 0 aromatic heterocycles. The van der Waals surface area contributed by atoms with Gasteiger partial charge in [-0.15, -0.1) is 0 Å². The second-order valence-corrected chi connectivity index (χ2v) is 10.4. The van der Waals surface area contributed by atoms with Gasteiger partial charge in [-0.3, -0.25) is 0 Å². The second kappa shape index (κ2) is 13.7. The summed E-state index contributed by atoms with van der Waals surface area (Å²) in [4.78, 5) is 4.73. The van der Waals surface area contributed by atoms with Crippen molar-refractivity contribution < 1.29 is 0 Å². The molecule has 0 spiro atoms. The van der Waals surface area contributed by atoms with Crippen molar-refractivity contribution in [1.29, 1.82) is 0 Å². The summed E-state index contributed by atoms with van der Waals surface area (Å²) in [6.45, 7) is 22.2. The molecule has 0 heterocycles. The Morgan fingerprint density at radius 3 is 1.70 bits per heavy atom. The average molecular weight is 527 g/mol. The molecule has 0 bridgehead atoms. The third-order valence-electron chi connectivity index (χ3n) is 7.69. The summed E-state index contributed by atoms with van der Waals surface area (Å²) in [5.41, 5.74) is 9.12. The van der Waals surface area contributed by atoms with Crippen LogP contribution in [0.15, 0.2) is 146 Å². The lowest BCUT2D eigenvalue weighted by Crippen LogP contribution is -2.40. The van der Waals surface area contributed by atoms with Gasteiger partial charge in [0.25, 0.3) is 0 Å². The molecule has 0 fully saturated rings. The van der Waals surface area contributed by atoms with E-state index in [1.54, 1.807) is 0 Å². The fourth-order valence-electron chi connectivity index (χ4n) is 5.42. The summed E-state index contributed by atoms with van der Waals surface area (Å²) >= 11 is 0. The van der Waals surface area contributed by atoms with Crippen LogP contribution in [0.4, 0.5) is 0 Å². The molecule has 204 valence electrons. The zero-order valence-corrected chi connectivity index (χ0v) is 24.3. The molecule has 0 N–H and O–H groups in total. The van der Waals surface area contributed by atoms with Crippen molar-refractivity contribution in [3.05, 3.63) is 174 Å². The van der Waals surface area contributed by atoms with Gasteiger partial charge in [-0.2, -0.15) is 0 Å². The van der Waals surface area contributed by atoms with Gasteiger partial charge in [-0.05, 0) is 42.5 Å². The van der Waals surface area contributed by atoms with Crippen LogP contribution in [-0.4, -0.2) is 22.4 Å². The van der Waals surface area contributed by atoms with E-state index in [1.165, 1.54) is 22.3 Å². The largest absolute Gasteiger partial charge is 0.362 e. The minimum Gasteiger partial charge on any atom is -0.362 e. The maximum atomic E-state index is 4.77. The SMILES string of the molecule is C=C(c1ccccc1C)N(CCC)C(=C)C(C)N(Cc1ccccc1)C(=C)C(c1ccccc1)c1ccccc1. The van der Waals surface area contributed by atoms with Gasteiger partial charge in [0.1, 0.15) is 0 Å². The van der Waals surface area contributed by atoms with E-state index in [2.05, 4.69) is 159 Å². The summed E-state index contributed by atoms with van der Waals surface area (Å²) in [5.74, 6) is 0.0144. The van der Waals surface area contributed by atoms with E-state index in [1.807, 2.05) is 0 Å². The third-order valence-corrected chi connectivity index (χ3v) is 7.69. The molecule has 4 aromatic rings. The fraction of sp³-hybridized carbons (Fsp3) is 0.211. The zero-order valence-electron chi connectivity index (χ0n) is 24.3. The maximum Gasteiger partial charge on any atom is 0.0660 e. The Morgan fingerprint density at radius 1 is 0.675 bits per heavy atom. The average Bonchev–Trinajstić information content (AvgIpc) is 2.99. The molecule has 1 atom stereocenters. The molecule has 0 amide bonds. The van der Waals surface area contributed by atoms with Gasteiger partial charge >= 0.3 is 0 Å². The van der Waals surface area contributed by atoms with E-state index in [-0.39, 0.29) is 12.0 Å². The molecule has 2 heteroatoms. The van der Waals surface area contributed by atoms with Crippen LogP contribution in [0.1, 0.15) is 54.0 Å². The van der Waals surface area contributed by atoms with Crippen LogP contribution in [0.3, 0.4) is 0 Å². The number of aryl methyl sites for hydroxylation is 1. The van der Waals surface area contributed by atoms with Crippen LogP contribution in [0.25, 0.3) is 5.70 Å². The molecule has 0 radical (unpaired) electrons. The zero-order chi connectivity index (χ0) is 28.5. The Bertz CT molecular complexity index is 1370. The molecule has 0 aliphatic rings. The first-order valence-corrected chi connectivity index (χ1v) is 14.2. The minimum atomic E-state index is -0.0186. The van der Waals surface area contributed by atoms with Crippen LogP contribution in [0, 0.1) is 6.92 Å². The Hall–Kier alpha value is -4.30. The van der Waals surface area contributed by atoms with Crippen LogP contribution in [0.5, 0.6) is 0 Å². The van der Waals surface area contributed by atoms with Gasteiger partial charge in [-0.1, -0.05) is 142 Å². The Morgan fingerprint density at radius 2 is 1.18 bits per heavy atom. The molecule has 0 aliphatic heterocycles. The lowest BCUT2D eigenvalue weighted by Gasteiger charge is -2.41. The highest BCUT2D eigenvalue weighted by Gasteiger charge is 2.29. The van der Waals surface area contributed by atoms with E-state index < -0.39 is 0 Å². The molecule has 0 saturated carbocycles. The van der Waals surface area contributed by atoms with Crippen molar-refractivity contribution in [2.24, 2.45) is 0 Å². The number of rotatable bonds is 13. The Balaban J connectivity index is 1.75. The number of allylic oxidation sites excluding steroid dienone is 1. The van der Waals surface area contributed by atoms with Crippen molar-refractivity contribution >= 4 is 5.70 Å². The van der Waals surface area contributed by atoms with E-state index in [0.29, 0.717) is 0 Å². The highest BCUT2D eigenvalue weighted by molar-refractivity contribution is 5.66. The summed E-state index contributed by atoms with van der Waals surface area (Å²) in [6, 6.07) is 40.5.